The molecule has 0 saturated carbocycles. The predicted octanol–water partition coefficient (Wildman–Crippen LogP) is 3.32. The minimum atomic E-state index is -1.05. The van der Waals surface area contributed by atoms with E-state index >= 15 is 0 Å². The second kappa shape index (κ2) is 8.89. The Balaban J connectivity index is 1.62. The summed E-state index contributed by atoms with van der Waals surface area (Å²) in [6, 6.07) is 15.2. The summed E-state index contributed by atoms with van der Waals surface area (Å²) in [6.07, 6.45) is 0.338. The molecule has 6 nitrogen and oxygen atoms in total. The minimum absolute atomic E-state index is 0.0461. The summed E-state index contributed by atoms with van der Waals surface area (Å²) >= 11 is 0. The van der Waals surface area contributed by atoms with E-state index in [-0.39, 0.29) is 12.5 Å². The number of carboxylic acid groups (broad SMARTS) is 1. The number of carbonyl (C=O) groups is 2. The largest absolute Gasteiger partial charge is 0.480 e. The van der Waals surface area contributed by atoms with Gasteiger partial charge in [0.05, 0.1) is 0 Å². The summed E-state index contributed by atoms with van der Waals surface area (Å²) in [5.74, 6) is -1.09. The van der Waals surface area contributed by atoms with Crippen LogP contribution in [0.4, 0.5) is 4.79 Å². The molecule has 2 aromatic rings. The standard InChI is InChI=1S/C22H26N2O4/c1-24(2)13-7-12-20(21(25)26)23-22(27)28-14-19-17-10-5-3-8-15(17)16-9-4-6-11-18(16)19/h3-6,8-11,19-20H,7,12-14H2,1-2H3,(H,23,27)(H,25,26)/t20-/m1/s1. The molecule has 6 heteroatoms. The number of carbonyl (C=O) groups excluding carboxylic acids is 1. The number of rotatable bonds is 8. The van der Waals surface area contributed by atoms with Crippen molar-refractivity contribution in [2.24, 2.45) is 0 Å². The van der Waals surface area contributed by atoms with Gasteiger partial charge in [-0.1, -0.05) is 48.5 Å². The second-order valence-corrected chi connectivity index (χ2v) is 7.31. The lowest BCUT2D eigenvalue weighted by Crippen LogP contribution is -2.41. The fraction of sp³-hybridized carbons (Fsp3) is 0.364. The number of carboxylic acids is 1. The molecule has 1 aliphatic carbocycles. The minimum Gasteiger partial charge on any atom is -0.480 e. The van der Waals surface area contributed by atoms with Crippen LogP contribution in [0.5, 0.6) is 0 Å². The van der Waals surface area contributed by atoms with Gasteiger partial charge >= 0.3 is 12.1 Å². The summed E-state index contributed by atoms with van der Waals surface area (Å²) < 4.78 is 5.42. The molecule has 0 bridgehead atoms. The Morgan fingerprint density at radius 3 is 2.18 bits per heavy atom. The molecule has 28 heavy (non-hydrogen) atoms. The first-order valence-corrected chi connectivity index (χ1v) is 9.46. The van der Waals surface area contributed by atoms with Gasteiger partial charge in [-0.25, -0.2) is 9.59 Å². The van der Waals surface area contributed by atoms with E-state index in [1.165, 1.54) is 0 Å². The predicted molar refractivity (Wildman–Crippen MR) is 107 cm³/mol. The Morgan fingerprint density at radius 1 is 1.07 bits per heavy atom. The number of hydrogen-bond acceptors (Lipinski definition) is 4. The second-order valence-electron chi connectivity index (χ2n) is 7.31. The van der Waals surface area contributed by atoms with Crippen molar-refractivity contribution in [3.05, 3.63) is 59.7 Å². The first kappa shape index (κ1) is 19.9. The molecule has 0 aliphatic heterocycles. The molecule has 0 spiro atoms. The summed E-state index contributed by atoms with van der Waals surface area (Å²) in [5, 5.41) is 11.8. The summed E-state index contributed by atoms with van der Waals surface area (Å²) in [4.78, 5) is 25.6. The highest BCUT2D eigenvalue weighted by Gasteiger charge is 2.29. The van der Waals surface area contributed by atoms with Gasteiger partial charge in [-0.05, 0) is 55.7 Å². The fourth-order valence-electron chi connectivity index (χ4n) is 3.65. The maximum Gasteiger partial charge on any atom is 0.407 e. The Hall–Kier alpha value is -2.86. The van der Waals surface area contributed by atoms with Crippen LogP contribution in [0.25, 0.3) is 11.1 Å². The normalized spacial score (nSPS) is 13.7. The molecule has 148 valence electrons. The number of hydrogen-bond donors (Lipinski definition) is 2. The topological polar surface area (TPSA) is 78.9 Å². The maximum atomic E-state index is 12.2. The van der Waals surface area contributed by atoms with Crippen molar-refractivity contribution in [1.82, 2.24) is 10.2 Å². The van der Waals surface area contributed by atoms with Gasteiger partial charge in [0.2, 0.25) is 0 Å². The molecule has 0 aromatic heterocycles. The first-order chi connectivity index (χ1) is 13.5. The van der Waals surface area contributed by atoms with Crippen LogP contribution in [-0.4, -0.2) is 55.4 Å². The lowest BCUT2D eigenvalue weighted by molar-refractivity contribution is -0.139. The van der Waals surface area contributed by atoms with Crippen molar-refractivity contribution in [3.63, 3.8) is 0 Å². The van der Waals surface area contributed by atoms with E-state index in [0.717, 1.165) is 28.8 Å². The molecule has 0 fully saturated rings. The number of alkyl carbamates (subject to hydrolysis) is 1. The number of benzene rings is 2. The molecule has 2 aromatic carbocycles. The third kappa shape index (κ3) is 4.51. The average Bonchev–Trinajstić information content (AvgIpc) is 2.99. The zero-order valence-corrected chi connectivity index (χ0v) is 16.2. The van der Waals surface area contributed by atoms with Gasteiger partial charge in [0.25, 0.3) is 0 Å². The van der Waals surface area contributed by atoms with E-state index in [0.29, 0.717) is 12.8 Å². The maximum absolute atomic E-state index is 12.2. The fourth-order valence-corrected chi connectivity index (χ4v) is 3.65. The molecule has 1 amide bonds. The molecule has 3 rings (SSSR count). The molecule has 0 saturated heterocycles. The van der Waals surface area contributed by atoms with Crippen LogP contribution >= 0.6 is 0 Å². The molecule has 0 unspecified atom stereocenters. The first-order valence-electron chi connectivity index (χ1n) is 9.46. The van der Waals surface area contributed by atoms with Gasteiger partial charge in [0, 0.05) is 5.92 Å². The lowest BCUT2D eigenvalue weighted by Gasteiger charge is -2.18. The van der Waals surface area contributed by atoms with Gasteiger partial charge in [-0.3, -0.25) is 0 Å². The van der Waals surface area contributed by atoms with Crippen molar-refractivity contribution in [2.45, 2.75) is 24.8 Å². The van der Waals surface area contributed by atoms with Crippen LogP contribution in [0.1, 0.15) is 29.9 Å². The zero-order valence-electron chi connectivity index (χ0n) is 16.2. The van der Waals surface area contributed by atoms with Crippen molar-refractivity contribution < 1.29 is 19.4 Å². The molecule has 0 heterocycles. The Kier molecular flexibility index (Phi) is 6.31. The number of fused-ring (bicyclic) bond motifs is 3. The number of ether oxygens (including phenoxy) is 1. The van der Waals surface area contributed by atoms with Crippen LogP contribution in [0.3, 0.4) is 0 Å². The van der Waals surface area contributed by atoms with Gasteiger partial charge in [-0.2, -0.15) is 0 Å². The Morgan fingerprint density at radius 2 is 1.64 bits per heavy atom. The smallest absolute Gasteiger partial charge is 0.407 e. The van der Waals surface area contributed by atoms with Gasteiger partial charge in [0.15, 0.2) is 0 Å². The summed E-state index contributed by atoms with van der Waals surface area (Å²) in [5.41, 5.74) is 4.55. The highest BCUT2D eigenvalue weighted by Crippen LogP contribution is 2.44. The van der Waals surface area contributed by atoms with Crippen LogP contribution in [0, 0.1) is 0 Å². The number of nitrogens with zero attached hydrogens (tertiary/aromatic N) is 1. The van der Waals surface area contributed by atoms with Gasteiger partial charge in [0.1, 0.15) is 12.6 Å². The van der Waals surface area contributed by atoms with E-state index < -0.39 is 18.1 Å². The number of amides is 1. The van der Waals surface area contributed by atoms with E-state index in [9.17, 15) is 14.7 Å². The van der Waals surface area contributed by atoms with Gasteiger partial charge < -0.3 is 20.1 Å². The van der Waals surface area contributed by atoms with Crippen molar-refractivity contribution in [3.8, 4) is 11.1 Å². The number of aliphatic carboxylic acids is 1. The molecule has 0 radical (unpaired) electrons. The zero-order chi connectivity index (χ0) is 20.1. The number of nitrogens with one attached hydrogen (secondary N) is 1. The van der Waals surface area contributed by atoms with E-state index in [1.54, 1.807) is 0 Å². The Labute approximate surface area is 165 Å². The van der Waals surface area contributed by atoms with E-state index in [4.69, 9.17) is 4.74 Å². The summed E-state index contributed by atoms with van der Waals surface area (Å²) in [6.45, 7) is 0.931. The molecular weight excluding hydrogens is 356 g/mol. The Bertz CT molecular complexity index is 804. The van der Waals surface area contributed by atoms with Crippen LogP contribution in [-0.2, 0) is 9.53 Å². The molecular formula is C22H26N2O4. The van der Waals surface area contributed by atoms with E-state index in [2.05, 4.69) is 17.4 Å². The highest BCUT2D eigenvalue weighted by atomic mass is 16.5. The van der Waals surface area contributed by atoms with Crippen LogP contribution < -0.4 is 5.32 Å². The average molecular weight is 382 g/mol. The SMILES string of the molecule is CN(C)CCC[C@@H](NC(=O)OCC1c2ccccc2-c2ccccc21)C(=O)O. The quantitative estimate of drug-likeness (QED) is 0.732. The van der Waals surface area contributed by atoms with Crippen molar-refractivity contribution in [2.75, 3.05) is 27.2 Å². The lowest BCUT2D eigenvalue weighted by atomic mass is 9.98. The monoisotopic (exact) mass is 382 g/mol. The van der Waals surface area contributed by atoms with Crippen LogP contribution in [0.15, 0.2) is 48.5 Å². The molecule has 1 atom stereocenters. The third-order valence-electron chi connectivity index (χ3n) is 5.03. The van der Waals surface area contributed by atoms with Crippen molar-refractivity contribution >= 4 is 12.1 Å². The van der Waals surface area contributed by atoms with Crippen molar-refractivity contribution in [1.29, 1.82) is 0 Å². The highest BCUT2D eigenvalue weighted by molar-refractivity contribution is 5.81. The molecule has 1 aliphatic rings. The molecule has 2 N–H and O–H groups in total. The van der Waals surface area contributed by atoms with Gasteiger partial charge in [-0.15, -0.1) is 0 Å². The van der Waals surface area contributed by atoms with Crippen LogP contribution in [0.2, 0.25) is 0 Å². The summed E-state index contributed by atoms with van der Waals surface area (Å²) in [7, 11) is 3.85. The third-order valence-corrected chi connectivity index (χ3v) is 5.03. The van der Waals surface area contributed by atoms with E-state index in [1.807, 2.05) is 55.4 Å².